The zero-order chi connectivity index (χ0) is 23.5. The van der Waals surface area contributed by atoms with E-state index >= 15 is 0 Å². The van der Waals surface area contributed by atoms with E-state index < -0.39 is 0 Å². The van der Waals surface area contributed by atoms with Gasteiger partial charge in [0.25, 0.3) is 11.5 Å². The predicted molar refractivity (Wildman–Crippen MR) is 133 cm³/mol. The number of hydrogen-bond acceptors (Lipinski definition) is 5. The quantitative estimate of drug-likeness (QED) is 0.460. The van der Waals surface area contributed by atoms with Gasteiger partial charge in [-0.05, 0) is 49.4 Å². The van der Waals surface area contributed by atoms with E-state index in [1.165, 1.54) is 4.68 Å². The molecule has 34 heavy (non-hydrogen) atoms. The number of carbonyl (C=O) groups is 1. The van der Waals surface area contributed by atoms with Crippen LogP contribution in [-0.4, -0.2) is 53.4 Å². The van der Waals surface area contributed by atoms with Crippen molar-refractivity contribution in [2.45, 2.75) is 6.92 Å². The summed E-state index contributed by atoms with van der Waals surface area (Å²) < 4.78 is 6.82. The number of anilines is 1. The van der Waals surface area contributed by atoms with Crippen LogP contribution in [-0.2, 0) is 0 Å². The molecule has 0 bridgehead atoms. The fraction of sp³-hybridized carbons (Fsp3) is 0.222. The van der Waals surface area contributed by atoms with E-state index in [1.807, 2.05) is 36.1 Å². The standard InChI is InChI=1S/C27H26N4O3/c1-2-34-22-14-12-21(13-15-22)31-26(32)24-11-7-6-10-23(24)25(28-31)27(33)30-18-16-29(17-19-30)20-8-4-3-5-9-20/h3-15H,2,16-19H2,1H3. The van der Waals surface area contributed by atoms with Gasteiger partial charge in [-0.25, -0.2) is 0 Å². The molecule has 1 saturated heterocycles. The normalized spacial score (nSPS) is 13.8. The van der Waals surface area contributed by atoms with Gasteiger partial charge in [0.1, 0.15) is 5.75 Å². The molecule has 3 aromatic carbocycles. The van der Waals surface area contributed by atoms with Crippen molar-refractivity contribution in [2.24, 2.45) is 0 Å². The maximum Gasteiger partial charge on any atom is 0.279 e. The van der Waals surface area contributed by atoms with E-state index in [9.17, 15) is 9.59 Å². The third-order valence-electron chi connectivity index (χ3n) is 6.09. The molecule has 1 fully saturated rings. The lowest BCUT2D eigenvalue weighted by atomic mass is 10.1. The van der Waals surface area contributed by atoms with Crippen LogP contribution in [0.1, 0.15) is 17.4 Å². The Hall–Kier alpha value is -4.13. The molecule has 7 nitrogen and oxygen atoms in total. The Labute approximate surface area is 197 Å². The molecule has 1 aromatic heterocycles. The Morgan fingerprint density at radius 1 is 0.824 bits per heavy atom. The highest BCUT2D eigenvalue weighted by molar-refractivity contribution is 6.05. The first-order valence-electron chi connectivity index (χ1n) is 11.5. The summed E-state index contributed by atoms with van der Waals surface area (Å²) in [5.74, 6) is 0.552. The highest BCUT2D eigenvalue weighted by atomic mass is 16.5. The number of nitrogens with zero attached hydrogens (tertiary/aromatic N) is 4. The number of piperazine rings is 1. The van der Waals surface area contributed by atoms with Crippen molar-refractivity contribution in [3.63, 3.8) is 0 Å². The summed E-state index contributed by atoms with van der Waals surface area (Å²) in [6, 6.07) is 24.5. The maximum absolute atomic E-state index is 13.6. The molecule has 1 aliphatic heterocycles. The maximum atomic E-state index is 13.6. The highest BCUT2D eigenvalue weighted by Gasteiger charge is 2.26. The summed E-state index contributed by atoms with van der Waals surface area (Å²) in [6.07, 6.45) is 0. The van der Waals surface area contributed by atoms with E-state index in [1.54, 1.807) is 42.5 Å². The first-order valence-corrected chi connectivity index (χ1v) is 11.5. The van der Waals surface area contributed by atoms with Crippen LogP contribution in [0.5, 0.6) is 5.75 Å². The van der Waals surface area contributed by atoms with Gasteiger partial charge >= 0.3 is 0 Å². The van der Waals surface area contributed by atoms with Crippen LogP contribution in [0.2, 0.25) is 0 Å². The van der Waals surface area contributed by atoms with Crippen molar-refractivity contribution in [3.8, 4) is 11.4 Å². The number of fused-ring (bicyclic) bond motifs is 1. The Morgan fingerprint density at radius 3 is 2.15 bits per heavy atom. The van der Waals surface area contributed by atoms with Gasteiger partial charge in [0.15, 0.2) is 5.69 Å². The zero-order valence-electron chi connectivity index (χ0n) is 19.1. The fourth-order valence-electron chi connectivity index (χ4n) is 4.33. The van der Waals surface area contributed by atoms with Crippen LogP contribution in [0.3, 0.4) is 0 Å². The van der Waals surface area contributed by atoms with Crippen LogP contribution >= 0.6 is 0 Å². The average Bonchev–Trinajstić information content (AvgIpc) is 2.90. The molecule has 1 aliphatic rings. The third-order valence-corrected chi connectivity index (χ3v) is 6.09. The zero-order valence-corrected chi connectivity index (χ0v) is 19.1. The van der Waals surface area contributed by atoms with Gasteiger partial charge in [0.2, 0.25) is 0 Å². The molecule has 0 unspecified atom stereocenters. The van der Waals surface area contributed by atoms with Gasteiger partial charge in [0, 0.05) is 37.3 Å². The summed E-state index contributed by atoms with van der Waals surface area (Å²) >= 11 is 0. The summed E-state index contributed by atoms with van der Waals surface area (Å²) in [6.45, 7) is 5.14. The van der Waals surface area contributed by atoms with Gasteiger partial charge in [0.05, 0.1) is 17.7 Å². The summed E-state index contributed by atoms with van der Waals surface area (Å²) in [4.78, 5) is 30.9. The summed E-state index contributed by atoms with van der Waals surface area (Å²) in [5.41, 5.74) is 1.77. The molecule has 0 radical (unpaired) electrons. The molecular weight excluding hydrogens is 428 g/mol. The molecule has 172 valence electrons. The second kappa shape index (κ2) is 9.39. The van der Waals surface area contributed by atoms with Gasteiger partial charge in [-0.15, -0.1) is 0 Å². The van der Waals surface area contributed by atoms with Crippen molar-refractivity contribution < 1.29 is 9.53 Å². The Kier molecular flexibility index (Phi) is 5.99. The number of aromatic nitrogens is 2. The first-order chi connectivity index (χ1) is 16.7. The second-order valence-corrected chi connectivity index (χ2v) is 8.15. The minimum atomic E-state index is -0.259. The molecule has 0 saturated carbocycles. The molecule has 0 aliphatic carbocycles. The van der Waals surface area contributed by atoms with E-state index in [4.69, 9.17) is 4.74 Å². The van der Waals surface area contributed by atoms with Crippen LogP contribution < -0.4 is 15.2 Å². The van der Waals surface area contributed by atoms with Gasteiger partial charge in [-0.1, -0.05) is 36.4 Å². The molecule has 5 rings (SSSR count). The topological polar surface area (TPSA) is 67.7 Å². The molecule has 4 aromatic rings. The van der Waals surface area contributed by atoms with Gasteiger partial charge in [-0.3, -0.25) is 9.59 Å². The second-order valence-electron chi connectivity index (χ2n) is 8.15. The molecule has 0 atom stereocenters. The van der Waals surface area contributed by atoms with E-state index in [2.05, 4.69) is 22.1 Å². The largest absolute Gasteiger partial charge is 0.494 e. The number of hydrogen-bond donors (Lipinski definition) is 0. The number of carbonyl (C=O) groups excluding carboxylic acids is 1. The first kappa shape index (κ1) is 21.7. The average molecular weight is 455 g/mol. The van der Waals surface area contributed by atoms with Gasteiger partial charge in [-0.2, -0.15) is 9.78 Å². The molecule has 7 heteroatoms. The third kappa shape index (κ3) is 4.12. The lowest BCUT2D eigenvalue weighted by Crippen LogP contribution is -2.49. The Bertz CT molecular complexity index is 1360. The number of ether oxygens (including phenoxy) is 1. The van der Waals surface area contributed by atoms with E-state index in [-0.39, 0.29) is 17.2 Å². The Morgan fingerprint density at radius 2 is 1.47 bits per heavy atom. The minimum absolute atomic E-state index is 0.163. The fourth-order valence-corrected chi connectivity index (χ4v) is 4.33. The van der Waals surface area contributed by atoms with Crippen LogP contribution in [0.25, 0.3) is 16.5 Å². The van der Waals surface area contributed by atoms with Crippen LogP contribution in [0.4, 0.5) is 5.69 Å². The Balaban J connectivity index is 1.47. The van der Waals surface area contributed by atoms with Crippen molar-refractivity contribution >= 4 is 22.4 Å². The van der Waals surface area contributed by atoms with Crippen molar-refractivity contribution in [3.05, 3.63) is 94.9 Å². The van der Waals surface area contributed by atoms with E-state index in [0.717, 1.165) is 18.8 Å². The molecular formula is C27H26N4O3. The lowest BCUT2D eigenvalue weighted by Gasteiger charge is -2.36. The number of amides is 1. The number of benzene rings is 3. The van der Waals surface area contributed by atoms with Crippen molar-refractivity contribution in [1.29, 1.82) is 0 Å². The summed E-state index contributed by atoms with van der Waals surface area (Å²) in [7, 11) is 0. The lowest BCUT2D eigenvalue weighted by molar-refractivity contribution is 0.0741. The summed E-state index contributed by atoms with van der Waals surface area (Å²) in [5, 5.41) is 5.60. The molecule has 0 spiro atoms. The van der Waals surface area contributed by atoms with E-state index in [0.29, 0.717) is 41.9 Å². The molecule has 0 N–H and O–H groups in total. The SMILES string of the molecule is CCOc1ccc(-n2nc(C(=O)N3CCN(c4ccccc4)CC3)c3ccccc3c2=O)cc1. The predicted octanol–water partition coefficient (Wildman–Crippen LogP) is 3.75. The minimum Gasteiger partial charge on any atom is -0.494 e. The number of para-hydroxylation sites is 1. The highest BCUT2D eigenvalue weighted by Crippen LogP contribution is 2.21. The van der Waals surface area contributed by atoms with Crippen molar-refractivity contribution in [2.75, 3.05) is 37.7 Å². The van der Waals surface area contributed by atoms with Crippen LogP contribution in [0.15, 0.2) is 83.7 Å². The van der Waals surface area contributed by atoms with Crippen molar-refractivity contribution in [1.82, 2.24) is 14.7 Å². The monoisotopic (exact) mass is 454 g/mol. The molecule has 2 heterocycles. The number of rotatable bonds is 5. The molecule has 1 amide bonds. The van der Waals surface area contributed by atoms with Gasteiger partial charge < -0.3 is 14.5 Å². The smallest absolute Gasteiger partial charge is 0.279 e. The van der Waals surface area contributed by atoms with Crippen LogP contribution in [0, 0.1) is 0 Å².